The molecule has 0 radical (unpaired) electrons. The first-order valence-electron chi connectivity index (χ1n) is 6.53. The molecule has 1 aromatic rings. The van der Waals surface area contributed by atoms with Crippen LogP contribution in [0.2, 0.25) is 10.0 Å². The van der Waals surface area contributed by atoms with E-state index < -0.39 is 0 Å². The normalized spacial score (nSPS) is 17.6. The molecule has 0 saturated carbocycles. The maximum Gasteiger partial charge on any atom is 0.178 e. The fourth-order valence-electron chi connectivity index (χ4n) is 2.27. The maximum absolute atomic E-state index is 12.2. The molecule has 0 unspecified atom stereocenters. The van der Waals surface area contributed by atoms with Gasteiger partial charge in [0, 0.05) is 36.8 Å². The second-order valence-electron chi connectivity index (χ2n) is 4.76. The van der Waals surface area contributed by atoms with E-state index in [4.69, 9.17) is 23.2 Å². The number of likely N-dealkylation sites (N-methyl/N-ethyl adjacent to an activating group) is 1. The molecule has 1 fully saturated rings. The number of rotatable bonds is 4. The van der Waals surface area contributed by atoms with E-state index in [-0.39, 0.29) is 5.78 Å². The second kappa shape index (κ2) is 6.71. The molecule has 2 rings (SSSR count). The largest absolute Gasteiger partial charge is 0.301 e. The molecular formula is C14H18Cl2N2O. The molecule has 1 aromatic carbocycles. The molecule has 0 spiro atoms. The Kier molecular flexibility index (Phi) is 5.22. The Hall–Kier alpha value is -0.610. The lowest BCUT2D eigenvalue weighted by Crippen LogP contribution is -2.47. The highest BCUT2D eigenvalue weighted by Crippen LogP contribution is 2.21. The van der Waals surface area contributed by atoms with Crippen molar-refractivity contribution in [3.05, 3.63) is 33.8 Å². The molecule has 0 atom stereocenters. The van der Waals surface area contributed by atoms with Gasteiger partial charge in [-0.3, -0.25) is 9.69 Å². The smallest absolute Gasteiger partial charge is 0.178 e. The molecule has 3 nitrogen and oxygen atoms in total. The fraction of sp³-hybridized carbons (Fsp3) is 0.500. The molecule has 19 heavy (non-hydrogen) atoms. The average Bonchev–Trinajstić information content (AvgIpc) is 2.39. The Balaban J connectivity index is 1.94. The minimum absolute atomic E-state index is 0.0617. The summed E-state index contributed by atoms with van der Waals surface area (Å²) in [5.74, 6) is 0.0617. The van der Waals surface area contributed by atoms with Crippen molar-refractivity contribution >= 4 is 29.0 Å². The molecule has 1 heterocycles. The van der Waals surface area contributed by atoms with Crippen LogP contribution in [-0.2, 0) is 0 Å². The number of hydrogen-bond donors (Lipinski definition) is 0. The summed E-state index contributed by atoms with van der Waals surface area (Å²) < 4.78 is 0. The van der Waals surface area contributed by atoms with Gasteiger partial charge in [0.15, 0.2) is 5.78 Å². The van der Waals surface area contributed by atoms with Gasteiger partial charge >= 0.3 is 0 Å². The third-order valence-electron chi connectivity index (χ3n) is 3.51. The molecule has 0 aromatic heterocycles. The quantitative estimate of drug-likeness (QED) is 0.799. The van der Waals surface area contributed by atoms with E-state index in [1.165, 1.54) is 0 Å². The first-order valence-corrected chi connectivity index (χ1v) is 7.28. The van der Waals surface area contributed by atoms with Crippen molar-refractivity contribution in [1.82, 2.24) is 9.80 Å². The van der Waals surface area contributed by atoms with Gasteiger partial charge in [0.25, 0.3) is 0 Å². The number of carbonyl (C=O) groups is 1. The summed E-state index contributed by atoms with van der Waals surface area (Å²) in [6.45, 7) is 7.59. The number of Topliss-reactive ketones (excluding diaryl/α,β-unsaturated/α-hetero) is 1. The van der Waals surface area contributed by atoms with Crippen LogP contribution in [0.25, 0.3) is 0 Å². The molecular weight excluding hydrogens is 283 g/mol. The number of halogens is 2. The van der Waals surface area contributed by atoms with Gasteiger partial charge in [-0.2, -0.15) is 0 Å². The Morgan fingerprint density at radius 1 is 1.16 bits per heavy atom. The van der Waals surface area contributed by atoms with Crippen molar-refractivity contribution in [2.45, 2.75) is 6.92 Å². The lowest BCUT2D eigenvalue weighted by molar-refractivity contribution is 0.0859. The average molecular weight is 301 g/mol. The molecule has 0 N–H and O–H groups in total. The zero-order chi connectivity index (χ0) is 13.8. The van der Waals surface area contributed by atoms with E-state index in [1.54, 1.807) is 18.2 Å². The summed E-state index contributed by atoms with van der Waals surface area (Å²) >= 11 is 11.9. The SMILES string of the molecule is CCN1CCN(CC(=O)c2ccc(Cl)cc2Cl)CC1. The van der Waals surface area contributed by atoms with Crippen molar-refractivity contribution in [3.8, 4) is 0 Å². The van der Waals surface area contributed by atoms with Crippen LogP contribution in [0.5, 0.6) is 0 Å². The van der Waals surface area contributed by atoms with E-state index >= 15 is 0 Å². The van der Waals surface area contributed by atoms with E-state index in [9.17, 15) is 4.79 Å². The van der Waals surface area contributed by atoms with Crippen molar-refractivity contribution < 1.29 is 4.79 Å². The monoisotopic (exact) mass is 300 g/mol. The predicted octanol–water partition coefficient (Wildman–Crippen LogP) is 2.81. The molecule has 0 bridgehead atoms. The van der Waals surface area contributed by atoms with Crippen LogP contribution in [0.4, 0.5) is 0 Å². The number of ketones is 1. The molecule has 104 valence electrons. The fourth-order valence-corrected chi connectivity index (χ4v) is 2.78. The minimum atomic E-state index is 0.0617. The zero-order valence-electron chi connectivity index (χ0n) is 11.0. The number of nitrogens with zero attached hydrogens (tertiary/aromatic N) is 2. The van der Waals surface area contributed by atoms with Crippen LogP contribution in [0.1, 0.15) is 17.3 Å². The van der Waals surface area contributed by atoms with Crippen molar-refractivity contribution in [2.24, 2.45) is 0 Å². The highest BCUT2D eigenvalue weighted by molar-refractivity contribution is 6.36. The topological polar surface area (TPSA) is 23.6 Å². The van der Waals surface area contributed by atoms with Crippen LogP contribution in [0, 0.1) is 0 Å². The number of hydrogen-bond acceptors (Lipinski definition) is 3. The van der Waals surface area contributed by atoms with Gasteiger partial charge in [-0.05, 0) is 24.7 Å². The molecule has 0 aliphatic carbocycles. The van der Waals surface area contributed by atoms with Gasteiger partial charge in [-0.15, -0.1) is 0 Å². The standard InChI is InChI=1S/C14H18Cl2N2O/c1-2-17-5-7-18(8-6-17)10-14(19)12-4-3-11(15)9-13(12)16/h3-4,9H,2,5-8,10H2,1H3. The van der Waals surface area contributed by atoms with E-state index in [1.807, 2.05) is 0 Å². The van der Waals surface area contributed by atoms with E-state index in [0.717, 1.165) is 32.7 Å². The summed E-state index contributed by atoms with van der Waals surface area (Å²) in [5.41, 5.74) is 0.559. The van der Waals surface area contributed by atoms with Gasteiger partial charge in [0.05, 0.1) is 11.6 Å². The minimum Gasteiger partial charge on any atom is -0.301 e. The molecule has 1 aliphatic rings. The molecule has 1 saturated heterocycles. The summed E-state index contributed by atoms with van der Waals surface area (Å²) in [7, 11) is 0. The van der Waals surface area contributed by atoms with Crippen molar-refractivity contribution in [3.63, 3.8) is 0 Å². The number of carbonyl (C=O) groups excluding carboxylic acids is 1. The maximum atomic E-state index is 12.2. The van der Waals surface area contributed by atoms with Crippen LogP contribution >= 0.6 is 23.2 Å². The second-order valence-corrected chi connectivity index (χ2v) is 5.60. The lowest BCUT2D eigenvalue weighted by atomic mass is 10.1. The Morgan fingerprint density at radius 3 is 2.37 bits per heavy atom. The molecule has 1 aliphatic heterocycles. The van der Waals surface area contributed by atoms with Gasteiger partial charge in [-0.1, -0.05) is 30.1 Å². The first kappa shape index (κ1) is 14.8. The number of benzene rings is 1. The Labute approximate surface area is 124 Å². The van der Waals surface area contributed by atoms with Gasteiger partial charge in [0.2, 0.25) is 0 Å². The number of piperazine rings is 1. The Morgan fingerprint density at radius 2 is 1.79 bits per heavy atom. The van der Waals surface area contributed by atoms with E-state index in [2.05, 4.69) is 16.7 Å². The van der Waals surface area contributed by atoms with Crippen LogP contribution in [0.3, 0.4) is 0 Å². The highest BCUT2D eigenvalue weighted by Gasteiger charge is 2.19. The lowest BCUT2D eigenvalue weighted by Gasteiger charge is -2.33. The van der Waals surface area contributed by atoms with Crippen molar-refractivity contribution in [2.75, 3.05) is 39.3 Å². The van der Waals surface area contributed by atoms with Gasteiger partial charge in [-0.25, -0.2) is 0 Å². The first-order chi connectivity index (χ1) is 9.10. The molecule has 0 amide bonds. The summed E-state index contributed by atoms with van der Waals surface area (Å²) in [6.07, 6.45) is 0. The summed E-state index contributed by atoms with van der Waals surface area (Å²) in [4.78, 5) is 16.8. The van der Waals surface area contributed by atoms with Crippen LogP contribution in [0.15, 0.2) is 18.2 Å². The van der Waals surface area contributed by atoms with Gasteiger partial charge < -0.3 is 4.90 Å². The van der Waals surface area contributed by atoms with Crippen molar-refractivity contribution in [1.29, 1.82) is 0 Å². The summed E-state index contributed by atoms with van der Waals surface area (Å²) in [6, 6.07) is 5.02. The third kappa shape index (κ3) is 3.93. The van der Waals surface area contributed by atoms with E-state index in [0.29, 0.717) is 22.2 Å². The summed E-state index contributed by atoms with van der Waals surface area (Å²) in [5, 5.41) is 0.989. The van der Waals surface area contributed by atoms with Gasteiger partial charge in [0.1, 0.15) is 0 Å². The predicted molar refractivity (Wildman–Crippen MR) is 79.3 cm³/mol. The van der Waals surface area contributed by atoms with Crippen LogP contribution < -0.4 is 0 Å². The third-order valence-corrected chi connectivity index (χ3v) is 4.06. The molecule has 5 heteroatoms. The van der Waals surface area contributed by atoms with Crippen LogP contribution in [-0.4, -0.2) is 54.9 Å². The zero-order valence-corrected chi connectivity index (χ0v) is 12.5. The Bertz CT molecular complexity index is 457. The highest BCUT2D eigenvalue weighted by atomic mass is 35.5.